The third kappa shape index (κ3) is 6.82. The van der Waals surface area contributed by atoms with E-state index in [-0.39, 0.29) is 12.0 Å². The van der Waals surface area contributed by atoms with Gasteiger partial charge in [-0.15, -0.1) is 0 Å². The molecule has 0 aliphatic carbocycles. The predicted molar refractivity (Wildman–Crippen MR) is 135 cm³/mol. The molecule has 4 rings (SSSR count). The second-order valence-corrected chi connectivity index (χ2v) is 8.33. The summed E-state index contributed by atoms with van der Waals surface area (Å²) in [5.74, 6) is 0.641. The fraction of sp³-hybridized carbons (Fsp3) is 0.148. The summed E-state index contributed by atoms with van der Waals surface area (Å²) >= 11 is 0. The van der Waals surface area contributed by atoms with Crippen molar-refractivity contribution < 1.29 is 18.0 Å². The number of aryl methyl sites for hydroxylation is 2. The zero-order valence-corrected chi connectivity index (χ0v) is 19.6. The van der Waals surface area contributed by atoms with Crippen molar-refractivity contribution in [3.8, 4) is 0 Å². The maximum atomic E-state index is 12.9. The molecule has 0 unspecified atom stereocenters. The van der Waals surface area contributed by atoms with E-state index in [1.165, 1.54) is 12.1 Å². The fourth-order valence-electron chi connectivity index (χ4n) is 3.49. The van der Waals surface area contributed by atoms with Crippen molar-refractivity contribution >= 4 is 34.7 Å². The van der Waals surface area contributed by atoms with Crippen LogP contribution in [-0.2, 0) is 17.4 Å². The fourth-order valence-corrected chi connectivity index (χ4v) is 3.49. The molecular weight excluding hydrogens is 467 g/mol. The summed E-state index contributed by atoms with van der Waals surface area (Å²) in [5, 5.41) is 9.10. The first-order valence-corrected chi connectivity index (χ1v) is 11.2. The van der Waals surface area contributed by atoms with Gasteiger partial charge in [-0.25, -0.2) is 4.98 Å². The largest absolute Gasteiger partial charge is 0.416 e. The first-order chi connectivity index (χ1) is 17.1. The molecule has 9 heteroatoms. The Morgan fingerprint density at radius 2 is 1.44 bits per heavy atom. The van der Waals surface area contributed by atoms with Crippen LogP contribution in [0.4, 0.5) is 42.0 Å². The van der Waals surface area contributed by atoms with Gasteiger partial charge in [0.2, 0.25) is 11.9 Å². The Bertz CT molecular complexity index is 1350. The lowest BCUT2D eigenvalue weighted by atomic mass is 10.1. The standard InChI is InChI=1S/C27H24F3N5O/c1-17-6-8-21(9-7-17)32-24-14-18(2)31-26(35-24)34-23-12-10-22(11-13-23)33-25(36)16-19-4-3-5-20(15-19)27(28,29)30/h3-15H,16H2,1-2H3,(H,33,36)(H2,31,32,34,35). The van der Waals surface area contributed by atoms with Gasteiger partial charge >= 0.3 is 6.18 Å². The highest BCUT2D eigenvalue weighted by molar-refractivity contribution is 5.92. The quantitative estimate of drug-likeness (QED) is 0.266. The number of hydrogen-bond acceptors (Lipinski definition) is 5. The number of alkyl halides is 3. The summed E-state index contributed by atoms with van der Waals surface area (Å²) in [6.07, 6.45) is -4.62. The van der Waals surface area contributed by atoms with E-state index in [9.17, 15) is 18.0 Å². The lowest BCUT2D eigenvalue weighted by Crippen LogP contribution is -2.15. The number of amides is 1. The third-order valence-electron chi connectivity index (χ3n) is 5.22. The highest BCUT2D eigenvalue weighted by atomic mass is 19.4. The number of aromatic nitrogens is 2. The van der Waals surface area contributed by atoms with E-state index < -0.39 is 17.6 Å². The Morgan fingerprint density at radius 1 is 0.806 bits per heavy atom. The molecule has 0 spiro atoms. The van der Waals surface area contributed by atoms with Gasteiger partial charge in [0.15, 0.2) is 0 Å². The molecule has 4 aromatic rings. The molecule has 184 valence electrons. The van der Waals surface area contributed by atoms with Gasteiger partial charge in [-0.1, -0.05) is 35.9 Å². The van der Waals surface area contributed by atoms with Gasteiger partial charge in [0.05, 0.1) is 12.0 Å². The van der Waals surface area contributed by atoms with Gasteiger partial charge in [0.25, 0.3) is 0 Å². The molecule has 36 heavy (non-hydrogen) atoms. The maximum Gasteiger partial charge on any atom is 0.416 e. The van der Waals surface area contributed by atoms with Crippen LogP contribution in [0.25, 0.3) is 0 Å². The number of halogens is 3. The SMILES string of the molecule is Cc1ccc(Nc2cc(C)nc(Nc3ccc(NC(=O)Cc4cccc(C(F)(F)F)c4)cc3)n2)cc1. The summed E-state index contributed by atoms with van der Waals surface area (Å²) in [7, 11) is 0. The minimum Gasteiger partial charge on any atom is -0.340 e. The average molecular weight is 492 g/mol. The lowest BCUT2D eigenvalue weighted by Gasteiger charge is -2.11. The molecule has 0 bridgehead atoms. The molecule has 0 fully saturated rings. The first kappa shape index (κ1) is 24.7. The van der Waals surface area contributed by atoms with Crippen molar-refractivity contribution in [1.82, 2.24) is 9.97 Å². The molecule has 0 saturated carbocycles. The summed E-state index contributed by atoms with van der Waals surface area (Å²) in [6.45, 7) is 3.89. The molecule has 1 amide bonds. The molecule has 1 aromatic heterocycles. The second-order valence-electron chi connectivity index (χ2n) is 8.33. The van der Waals surface area contributed by atoms with Crippen molar-refractivity contribution in [2.24, 2.45) is 0 Å². The van der Waals surface area contributed by atoms with Crippen molar-refractivity contribution in [2.45, 2.75) is 26.4 Å². The predicted octanol–water partition coefficient (Wildman–Crippen LogP) is 6.78. The van der Waals surface area contributed by atoms with Gasteiger partial charge in [0, 0.05) is 28.8 Å². The van der Waals surface area contributed by atoms with Crippen LogP contribution in [0.3, 0.4) is 0 Å². The van der Waals surface area contributed by atoms with Crippen LogP contribution in [0.15, 0.2) is 78.9 Å². The zero-order chi connectivity index (χ0) is 25.7. The van der Waals surface area contributed by atoms with Crippen LogP contribution in [-0.4, -0.2) is 15.9 Å². The van der Waals surface area contributed by atoms with Gasteiger partial charge in [0.1, 0.15) is 5.82 Å². The van der Waals surface area contributed by atoms with Crippen LogP contribution in [0.5, 0.6) is 0 Å². The Balaban J connectivity index is 1.37. The minimum absolute atomic E-state index is 0.169. The average Bonchev–Trinajstić information content (AvgIpc) is 2.81. The normalized spacial score (nSPS) is 11.1. The summed E-state index contributed by atoms with van der Waals surface area (Å²) in [6, 6.07) is 21.4. The monoisotopic (exact) mass is 491 g/mol. The molecular formula is C27H24F3N5O. The number of rotatable bonds is 7. The summed E-state index contributed by atoms with van der Waals surface area (Å²) in [4.78, 5) is 21.2. The number of carbonyl (C=O) groups is 1. The van der Waals surface area contributed by atoms with Gasteiger partial charge in [-0.3, -0.25) is 4.79 Å². The Kier molecular flexibility index (Phi) is 7.19. The zero-order valence-electron chi connectivity index (χ0n) is 19.6. The highest BCUT2D eigenvalue weighted by Gasteiger charge is 2.30. The molecule has 1 heterocycles. The Hall–Kier alpha value is -4.40. The Morgan fingerprint density at radius 3 is 2.14 bits per heavy atom. The smallest absolute Gasteiger partial charge is 0.340 e. The van der Waals surface area contributed by atoms with E-state index in [1.54, 1.807) is 24.3 Å². The Labute approximate surface area is 206 Å². The molecule has 0 aliphatic rings. The maximum absolute atomic E-state index is 12.9. The first-order valence-electron chi connectivity index (χ1n) is 11.2. The number of anilines is 5. The molecule has 0 saturated heterocycles. The van der Waals surface area contributed by atoms with E-state index >= 15 is 0 Å². The minimum atomic E-state index is -4.45. The number of hydrogen-bond donors (Lipinski definition) is 3. The number of benzene rings is 3. The van der Waals surface area contributed by atoms with Crippen LogP contribution >= 0.6 is 0 Å². The van der Waals surface area contributed by atoms with E-state index in [0.717, 1.165) is 29.1 Å². The molecule has 0 atom stereocenters. The van der Waals surface area contributed by atoms with E-state index in [2.05, 4.69) is 25.9 Å². The molecule has 3 N–H and O–H groups in total. The number of carbonyl (C=O) groups excluding carboxylic acids is 1. The number of nitrogens with one attached hydrogen (secondary N) is 3. The van der Waals surface area contributed by atoms with Gasteiger partial charge < -0.3 is 16.0 Å². The lowest BCUT2D eigenvalue weighted by molar-refractivity contribution is -0.137. The van der Waals surface area contributed by atoms with E-state index in [4.69, 9.17) is 0 Å². The molecule has 0 aliphatic heterocycles. The van der Waals surface area contributed by atoms with E-state index in [1.807, 2.05) is 44.2 Å². The van der Waals surface area contributed by atoms with Crippen molar-refractivity contribution in [3.63, 3.8) is 0 Å². The second kappa shape index (κ2) is 10.5. The van der Waals surface area contributed by atoms with Crippen LogP contribution < -0.4 is 16.0 Å². The van der Waals surface area contributed by atoms with Crippen molar-refractivity contribution in [2.75, 3.05) is 16.0 Å². The summed E-state index contributed by atoms with van der Waals surface area (Å²) < 4.78 is 38.6. The van der Waals surface area contributed by atoms with Gasteiger partial charge in [-0.05, 0) is 61.9 Å². The van der Waals surface area contributed by atoms with Gasteiger partial charge in [-0.2, -0.15) is 18.2 Å². The van der Waals surface area contributed by atoms with Crippen molar-refractivity contribution in [3.05, 3.63) is 101 Å². The molecule has 0 radical (unpaired) electrons. The highest BCUT2D eigenvalue weighted by Crippen LogP contribution is 2.29. The molecule has 3 aromatic carbocycles. The van der Waals surface area contributed by atoms with Crippen LogP contribution in [0.2, 0.25) is 0 Å². The summed E-state index contributed by atoms with van der Waals surface area (Å²) in [5.41, 5.74) is 3.58. The molecule has 6 nitrogen and oxygen atoms in total. The van der Waals surface area contributed by atoms with Crippen LogP contribution in [0, 0.1) is 13.8 Å². The third-order valence-corrected chi connectivity index (χ3v) is 5.22. The number of nitrogens with zero attached hydrogens (tertiary/aromatic N) is 2. The van der Waals surface area contributed by atoms with E-state index in [0.29, 0.717) is 23.1 Å². The topological polar surface area (TPSA) is 78.9 Å². The van der Waals surface area contributed by atoms with Crippen LogP contribution in [0.1, 0.15) is 22.4 Å². The van der Waals surface area contributed by atoms with Crippen molar-refractivity contribution in [1.29, 1.82) is 0 Å².